The summed E-state index contributed by atoms with van der Waals surface area (Å²) in [4.78, 5) is 17.2. The fraction of sp³-hybridized carbons (Fsp3) is 0.192. The van der Waals surface area contributed by atoms with Crippen molar-refractivity contribution in [2.45, 2.75) is 12.8 Å². The van der Waals surface area contributed by atoms with Gasteiger partial charge < -0.3 is 10.6 Å². The Balaban J connectivity index is 1.23. The van der Waals surface area contributed by atoms with Crippen LogP contribution in [0.2, 0.25) is 5.02 Å². The lowest BCUT2D eigenvalue weighted by Crippen LogP contribution is -2.33. The smallest absolute Gasteiger partial charge is 0.220 e. The summed E-state index contributed by atoms with van der Waals surface area (Å²) in [7, 11) is 0. The van der Waals surface area contributed by atoms with Gasteiger partial charge in [-0.3, -0.25) is 4.79 Å². The zero-order valence-corrected chi connectivity index (χ0v) is 20.7. The molecule has 2 N–H and O–H groups in total. The second-order valence-corrected chi connectivity index (χ2v) is 9.47. The molecule has 4 aromatic rings. The van der Waals surface area contributed by atoms with E-state index in [0.717, 1.165) is 28.0 Å². The molecule has 0 radical (unpaired) electrons. The van der Waals surface area contributed by atoms with E-state index in [-0.39, 0.29) is 11.8 Å². The fourth-order valence-corrected chi connectivity index (χ4v) is 4.74. The van der Waals surface area contributed by atoms with Crippen LogP contribution in [0, 0.1) is 5.92 Å². The Morgan fingerprint density at radius 1 is 1.12 bits per heavy atom. The lowest BCUT2D eigenvalue weighted by atomic mass is 9.94. The summed E-state index contributed by atoms with van der Waals surface area (Å²) in [5.74, 6) is 1.04. The molecule has 8 heteroatoms. The number of hydrogen-bond acceptors (Lipinski definition) is 4. The number of hydrogen-bond donors (Lipinski definition) is 2. The maximum atomic E-state index is 12.5. The molecule has 1 aliphatic rings. The summed E-state index contributed by atoms with van der Waals surface area (Å²) in [5, 5.41) is 13.9. The molecule has 0 saturated heterocycles. The Bertz CT molecular complexity index is 1480. The molecule has 2 aromatic carbocycles. The molecule has 1 unspecified atom stereocenters. The standard InChI is InChI=1S/C26H23BrClN5O/c27-21-16-31-33-24(15-23(32-26(21)33)20-7-3-4-8-22(20)28)29-11-12-30-25(34)14-17-9-10-18-5-1-2-6-19(18)13-17/h1-8,10,13,15-17,29H,9,11-12,14H2,(H,30,34). The Labute approximate surface area is 210 Å². The number of carbonyl (C=O) groups is 1. The van der Waals surface area contributed by atoms with Crippen LogP contribution in [0.15, 0.2) is 65.3 Å². The molecule has 1 aliphatic carbocycles. The maximum Gasteiger partial charge on any atom is 0.220 e. The third kappa shape index (κ3) is 4.86. The van der Waals surface area contributed by atoms with Crippen LogP contribution in [0.25, 0.3) is 29.1 Å². The Hall–Kier alpha value is -3.16. The van der Waals surface area contributed by atoms with Gasteiger partial charge in [0, 0.05) is 36.2 Å². The third-order valence-corrected chi connectivity index (χ3v) is 6.72. The van der Waals surface area contributed by atoms with Crippen molar-refractivity contribution in [1.29, 1.82) is 0 Å². The van der Waals surface area contributed by atoms with E-state index >= 15 is 0 Å². The van der Waals surface area contributed by atoms with Crippen molar-refractivity contribution in [3.05, 3.63) is 80.7 Å². The Morgan fingerprint density at radius 2 is 1.91 bits per heavy atom. The number of anilines is 1. The van der Waals surface area contributed by atoms with E-state index in [4.69, 9.17) is 16.6 Å². The molecule has 34 heavy (non-hydrogen) atoms. The van der Waals surface area contributed by atoms with Crippen molar-refractivity contribution in [3.63, 3.8) is 0 Å². The summed E-state index contributed by atoms with van der Waals surface area (Å²) in [6.07, 6.45) is 7.49. The van der Waals surface area contributed by atoms with Crippen LogP contribution in [0.3, 0.4) is 0 Å². The number of aromatic nitrogens is 3. The number of halogens is 2. The molecular weight excluding hydrogens is 514 g/mol. The number of amides is 1. The Morgan fingerprint density at radius 3 is 2.76 bits per heavy atom. The topological polar surface area (TPSA) is 71.3 Å². The minimum absolute atomic E-state index is 0.0503. The normalized spacial score (nSPS) is 14.7. The number of fused-ring (bicyclic) bond motifs is 2. The molecule has 6 nitrogen and oxygen atoms in total. The van der Waals surface area contributed by atoms with Crippen molar-refractivity contribution in [1.82, 2.24) is 19.9 Å². The number of carbonyl (C=O) groups excluding carboxylic acids is 1. The monoisotopic (exact) mass is 535 g/mol. The molecule has 0 saturated carbocycles. The SMILES string of the molecule is O=C(CC1C=c2ccccc2=CC1)NCCNc1cc(-c2ccccc2Cl)nc2c(Br)cnn12. The van der Waals surface area contributed by atoms with Gasteiger partial charge in [-0.25, -0.2) is 4.98 Å². The van der Waals surface area contributed by atoms with Crippen LogP contribution < -0.4 is 21.1 Å². The van der Waals surface area contributed by atoms with Gasteiger partial charge in [0.25, 0.3) is 0 Å². The molecule has 0 spiro atoms. The first-order chi connectivity index (χ1) is 16.6. The molecule has 2 aromatic heterocycles. The Kier molecular flexibility index (Phi) is 6.65. The quantitative estimate of drug-likeness (QED) is 0.350. The van der Waals surface area contributed by atoms with E-state index in [2.05, 4.69) is 55.9 Å². The summed E-state index contributed by atoms with van der Waals surface area (Å²) in [5.41, 5.74) is 2.28. The van der Waals surface area contributed by atoms with Gasteiger partial charge >= 0.3 is 0 Å². The highest BCUT2D eigenvalue weighted by Gasteiger charge is 2.14. The number of benzene rings is 2. The minimum atomic E-state index is 0.0503. The molecule has 0 aliphatic heterocycles. The van der Waals surface area contributed by atoms with Crippen molar-refractivity contribution < 1.29 is 4.79 Å². The van der Waals surface area contributed by atoms with Crippen LogP contribution in [-0.2, 0) is 4.79 Å². The van der Waals surface area contributed by atoms with Crippen LogP contribution in [0.4, 0.5) is 5.82 Å². The largest absolute Gasteiger partial charge is 0.368 e. The van der Waals surface area contributed by atoms with Crippen molar-refractivity contribution in [2.75, 3.05) is 18.4 Å². The van der Waals surface area contributed by atoms with E-state index in [9.17, 15) is 4.79 Å². The average Bonchev–Trinajstić information content (AvgIpc) is 3.22. The average molecular weight is 537 g/mol. The molecule has 0 bridgehead atoms. The second-order valence-electron chi connectivity index (χ2n) is 8.21. The highest BCUT2D eigenvalue weighted by molar-refractivity contribution is 9.10. The fourth-order valence-electron chi connectivity index (χ4n) is 4.16. The second kappa shape index (κ2) is 9.99. The molecule has 172 valence electrons. The van der Waals surface area contributed by atoms with Gasteiger partial charge in [0.2, 0.25) is 5.91 Å². The van der Waals surface area contributed by atoms with Gasteiger partial charge in [0.15, 0.2) is 5.65 Å². The third-order valence-electron chi connectivity index (χ3n) is 5.83. The molecule has 2 heterocycles. The first-order valence-corrected chi connectivity index (χ1v) is 12.3. The molecule has 5 rings (SSSR count). The molecule has 1 atom stereocenters. The van der Waals surface area contributed by atoms with Crippen LogP contribution in [-0.4, -0.2) is 33.6 Å². The van der Waals surface area contributed by atoms with E-state index in [1.165, 1.54) is 10.4 Å². The number of nitrogens with one attached hydrogen (secondary N) is 2. The van der Waals surface area contributed by atoms with E-state index in [1.807, 2.05) is 42.5 Å². The van der Waals surface area contributed by atoms with Gasteiger partial charge in [-0.15, -0.1) is 0 Å². The van der Waals surface area contributed by atoms with Crippen molar-refractivity contribution in [2.24, 2.45) is 5.92 Å². The minimum Gasteiger partial charge on any atom is -0.368 e. The van der Waals surface area contributed by atoms with Crippen molar-refractivity contribution in [3.8, 4) is 11.3 Å². The zero-order chi connectivity index (χ0) is 23.5. The predicted molar refractivity (Wildman–Crippen MR) is 140 cm³/mol. The molecule has 0 fully saturated rings. The van der Waals surface area contributed by atoms with Gasteiger partial charge in [0.05, 0.1) is 16.4 Å². The summed E-state index contributed by atoms with van der Waals surface area (Å²) >= 11 is 9.91. The van der Waals surface area contributed by atoms with Crippen LogP contribution >= 0.6 is 27.5 Å². The maximum absolute atomic E-state index is 12.5. The summed E-state index contributed by atoms with van der Waals surface area (Å²) in [6, 6.07) is 17.8. The van der Waals surface area contributed by atoms with Crippen LogP contribution in [0.1, 0.15) is 12.8 Å². The molecular formula is C26H23BrClN5O. The summed E-state index contributed by atoms with van der Waals surface area (Å²) in [6.45, 7) is 1.05. The number of rotatable bonds is 7. The first-order valence-electron chi connectivity index (χ1n) is 11.2. The lowest BCUT2D eigenvalue weighted by Gasteiger charge is -2.15. The van der Waals surface area contributed by atoms with Crippen LogP contribution in [0.5, 0.6) is 0 Å². The zero-order valence-electron chi connectivity index (χ0n) is 18.3. The number of nitrogens with zero attached hydrogens (tertiary/aromatic N) is 3. The van der Waals surface area contributed by atoms with Gasteiger partial charge in [-0.2, -0.15) is 9.61 Å². The predicted octanol–water partition coefficient (Wildman–Crippen LogP) is 4.01. The highest BCUT2D eigenvalue weighted by Crippen LogP contribution is 2.30. The highest BCUT2D eigenvalue weighted by atomic mass is 79.9. The van der Waals surface area contributed by atoms with E-state index in [1.54, 1.807) is 10.7 Å². The lowest BCUT2D eigenvalue weighted by molar-refractivity contribution is -0.121. The van der Waals surface area contributed by atoms with E-state index in [0.29, 0.717) is 30.2 Å². The van der Waals surface area contributed by atoms with Gasteiger partial charge in [0.1, 0.15) is 5.82 Å². The first kappa shape index (κ1) is 22.6. The summed E-state index contributed by atoms with van der Waals surface area (Å²) < 4.78 is 2.52. The van der Waals surface area contributed by atoms with E-state index < -0.39 is 0 Å². The molecule has 1 amide bonds. The van der Waals surface area contributed by atoms with Gasteiger partial charge in [-0.05, 0) is 44.8 Å². The van der Waals surface area contributed by atoms with Crippen molar-refractivity contribution >= 4 is 57.1 Å². The van der Waals surface area contributed by atoms with Gasteiger partial charge in [-0.1, -0.05) is 66.2 Å².